The monoisotopic (exact) mass is 394 g/mol. The summed E-state index contributed by atoms with van der Waals surface area (Å²) in [7, 11) is 0. The lowest BCUT2D eigenvalue weighted by molar-refractivity contribution is -0.119. The number of hydrogen-bond donors (Lipinski definition) is 2. The van der Waals surface area contributed by atoms with E-state index in [2.05, 4.69) is 10.3 Å². The van der Waals surface area contributed by atoms with Crippen molar-refractivity contribution >= 4 is 34.4 Å². The molecule has 0 saturated carbocycles. The van der Waals surface area contributed by atoms with E-state index in [0.29, 0.717) is 10.9 Å². The smallest absolute Gasteiger partial charge is 0.340 e. The van der Waals surface area contributed by atoms with Gasteiger partial charge < -0.3 is 19.8 Å². The normalized spacial score (nSPS) is 10.4. The first kappa shape index (κ1) is 19.8. The Kier molecular flexibility index (Phi) is 6.03. The second-order valence-electron chi connectivity index (χ2n) is 5.98. The van der Waals surface area contributed by atoms with Crippen molar-refractivity contribution in [2.45, 2.75) is 6.92 Å². The van der Waals surface area contributed by atoms with Gasteiger partial charge in [0.2, 0.25) is 5.56 Å². The number of ether oxygens (including phenoxy) is 2. The molecule has 0 saturated heterocycles. The fourth-order valence-corrected chi connectivity index (χ4v) is 2.75. The number of benzene rings is 2. The molecular weight excluding hydrogens is 376 g/mol. The second-order valence-corrected chi connectivity index (χ2v) is 5.98. The first-order valence-electron chi connectivity index (χ1n) is 8.84. The molecule has 0 bridgehead atoms. The van der Waals surface area contributed by atoms with Crippen molar-refractivity contribution in [1.29, 1.82) is 0 Å². The fourth-order valence-electron chi connectivity index (χ4n) is 2.75. The molecule has 0 radical (unpaired) electrons. The minimum atomic E-state index is -0.805. The number of hydrogen-bond acceptors (Lipinski definition) is 6. The van der Waals surface area contributed by atoms with Gasteiger partial charge in [0.1, 0.15) is 0 Å². The first-order valence-corrected chi connectivity index (χ1v) is 8.84. The SMILES string of the molecule is CCOC(=O)c1ccccc1NC(=O)COC(=O)c1cc(=O)[nH]c2ccccc12. The lowest BCUT2D eigenvalue weighted by atomic mass is 10.1. The Balaban J connectivity index is 1.70. The molecule has 1 aromatic heterocycles. The van der Waals surface area contributed by atoms with Crippen molar-refractivity contribution in [3.05, 3.63) is 76.1 Å². The third-order valence-corrected chi connectivity index (χ3v) is 4.00. The molecule has 1 heterocycles. The molecule has 1 amide bonds. The molecule has 3 aromatic rings. The van der Waals surface area contributed by atoms with Crippen LogP contribution in [0.3, 0.4) is 0 Å². The van der Waals surface area contributed by atoms with E-state index in [1.807, 2.05) is 0 Å². The maximum Gasteiger partial charge on any atom is 0.340 e. The molecule has 8 heteroatoms. The van der Waals surface area contributed by atoms with E-state index in [1.54, 1.807) is 43.3 Å². The fraction of sp³-hybridized carbons (Fsp3) is 0.143. The van der Waals surface area contributed by atoms with Crippen molar-refractivity contribution < 1.29 is 23.9 Å². The van der Waals surface area contributed by atoms with Crippen LogP contribution in [0, 0.1) is 0 Å². The molecule has 0 aliphatic carbocycles. The highest BCUT2D eigenvalue weighted by Crippen LogP contribution is 2.17. The van der Waals surface area contributed by atoms with Crippen molar-refractivity contribution in [3.63, 3.8) is 0 Å². The van der Waals surface area contributed by atoms with Crippen LogP contribution in [0.2, 0.25) is 0 Å². The predicted molar refractivity (Wildman–Crippen MR) is 106 cm³/mol. The molecular formula is C21H18N2O6. The summed E-state index contributed by atoms with van der Waals surface area (Å²) < 4.78 is 10.0. The summed E-state index contributed by atoms with van der Waals surface area (Å²) >= 11 is 0. The number of para-hydroxylation sites is 2. The topological polar surface area (TPSA) is 115 Å². The summed E-state index contributed by atoms with van der Waals surface area (Å²) in [5, 5.41) is 3.03. The van der Waals surface area contributed by atoms with Gasteiger partial charge in [-0.05, 0) is 25.1 Å². The molecule has 2 N–H and O–H groups in total. The van der Waals surface area contributed by atoms with Crippen LogP contribution in [-0.4, -0.2) is 36.0 Å². The van der Waals surface area contributed by atoms with Gasteiger partial charge >= 0.3 is 11.9 Å². The number of esters is 2. The Hall–Kier alpha value is -3.94. The van der Waals surface area contributed by atoms with E-state index in [9.17, 15) is 19.2 Å². The van der Waals surface area contributed by atoms with Crippen LogP contribution >= 0.6 is 0 Å². The standard InChI is InChI=1S/C21H18N2O6/c1-2-28-20(26)14-8-4-6-10-17(14)23-19(25)12-29-21(27)15-11-18(24)22-16-9-5-3-7-13(15)16/h3-11H,2,12H2,1H3,(H,22,24)(H,23,25). The number of rotatable bonds is 6. The van der Waals surface area contributed by atoms with Crippen LogP contribution < -0.4 is 10.9 Å². The van der Waals surface area contributed by atoms with E-state index in [4.69, 9.17) is 9.47 Å². The number of nitrogens with one attached hydrogen (secondary N) is 2. The summed E-state index contributed by atoms with van der Waals surface area (Å²) in [5.74, 6) is -2.01. The van der Waals surface area contributed by atoms with Gasteiger partial charge in [-0.15, -0.1) is 0 Å². The van der Waals surface area contributed by atoms with Crippen LogP contribution in [0.4, 0.5) is 5.69 Å². The minimum absolute atomic E-state index is 0.0593. The van der Waals surface area contributed by atoms with E-state index in [0.717, 1.165) is 6.07 Å². The van der Waals surface area contributed by atoms with Crippen LogP contribution in [0.5, 0.6) is 0 Å². The lowest BCUT2D eigenvalue weighted by Gasteiger charge is -2.11. The van der Waals surface area contributed by atoms with E-state index >= 15 is 0 Å². The number of fused-ring (bicyclic) bond motifs is 1. The summed E-state index contributed by atoms with van der Waals surface area (Å²) in [6.45, 7) is 1.29. The quantitative estimate of drug-likeness (QED) is 0.621. The number of pyridine rings is 1. The number of anilines is 1. The summed E-state index contributed by atoms with van der Waals surface area (Å²) in [5.41, 5.74) is 0.524. The minimum Gasteiger partial charge on any atom is -0.462 e. The zero-order valence-electron chi connectivity index (χ0n) is 15.6. The number of H-pyrrole nitrogens is 1. The molecule has 29 heavy (non-hydrogen) atoms. The zero-order chi connectivity index (χ0) is 20.8. The van der Waals surface area contributed by atoms with Gasteiger partial charge in [0.25, 0.3) is 5.91 Å². The number of amides is 1. The van der Waals surface area contributed by atoms with E-state index < -0.39 is 30.0 Å². The summed E-state index contributed by atoms with van der Waals surface area (Å²) in [6.07, 6.45) is 0. The number of aromatic amines is 1. The first-order chi connectivity index (χ1) is 14.0. The molecule has 0 atom stereocenters. The van der Waals surface area contributed by atoms with Crippen LogP contribution in [0.15, 0.2) is 59.4 Å². The van der Waals surface area contributed by atoms with Crippen molar-refractivity contribution in [3.8, 4) is 0 Å². The zero-order valence-corrected chi connectivity index (χ0v) is 15.6. The third kappa shape index (κ3) is 4.67. The third-order valence-electron chi connectivity index (χ3n) is 4.00. The predicted octanol–water partition coefficient (Wildman–Crippen LogP) is 2.50. The van der Waals surface area contributed by atoms with Gasteiger partial charge in [0.15, 0.2) is 6.61 Å². The van der Waals surface area contributed by atoms with Crippen LogP contribution in [-0.2, 0) is 14.3 Å². The second kappa shape index (κ2) is 8.83. The number of aromatic nitrogens is 1. The van der Waals surface area contributed by atoms with E-state index in [-0.39, 0.29) is 23.4 Å². The molecule has 0 unspecified atom stereocenters. The highest BCUT2D eigenvalue weighted by molar-refractivity contribution is 6.05. The molecule has 0 aliphatic heterocycles. The van der Waals surface area contributed by atoms with Crippen molar-refractivity contribution in [2.24, 2.45) is 0 Å². The average molecular weight is 394 g/mol. The maximum atomic E-state index is 12.4. The van der Waals surface area contributed by atoms with Gasteiger partial charge in [-0.1, -0.05) is 30.3 Å². The number of carbonyl (C=O) groups is 3. The average Bonchev–Trinajstić information content (AvgIpc) is 2.72. The van der Waals surface area contributed by atoms with Crippen LogP contribution in [0.25, 0.3) is 10.9 Å². The van der Waals surface area contributed by atoms with Crippen LogP contribution in [0.1, 0.15) is 27.6 Å². The Labute approximate surface area is 165 Å². The van der Waals surface area contributed by atoms with Gasteiger partial charge in [0, 0.05) is 17.0 Å². The Morgan fingerprint density at radius 1 is 0.931 bits per heavy atom. The molecule has 0 aliphatic rings. The van der Waals surface area contributed by atoms with Gasteiger partial charge in [-0.25, -0.2) is 9.59 Å². The Bertz CT molecular complexity index is 1140. The lowest BCUT2D eigenvalue weighted by Crippen LogP contribution is -2.23. The maximum absolute atomic E-state index is 12.4. The van der Waals surface area contributed by atoms with Crippen molar-refractivity contribution in [2.75, 3.05) is 18.5 Å². The molecule has 3 rings (SSSR count). The van der Waals surface area contributed by atoms with Gasteiger partial charge in [0.05, 0.1) is 23.4 Å². The van der Waals surface area contributed by atoms with E-state index in [1.165, 1.54) is 12.1 Å². The molecule has 0 spiro atoms. The molecule has 2 aromatic carbocycles. The van der Waals surface area contributed by atoms with Crippen molar-refractivity contribution in [1.82, 2.24) is 4.98 Å². The molecule has 8 nitrogen and oxygen atoms in total. The highest BCUT2D eigenvalue weighted by atomic mass is 16.5. The van der Waals surface area contributed by atoms with Gasteiger partial charge in [-0.2, -0.15) is 0 Å². The highest BCUT2D eigenvalue weighted by Gasteiger charge is 2.17. The largest absolute Gasteiger partial charge is 0.462 e. The molecule has 0 fully saturated rings. The number of carbonyl (C=O) groups excluding carboxylic acids is 3. The Morgan fingerprint density at radius 2 is 1.62 bits per heavy atom. The summed E-state index contributed by atoms with van der Waals surface area (Å²) in [6, 6.07) is 14.2. The van der Waals surface area contributed by atoms with Gasteiger partial charge in [-0.3, -0.25) is 9.59 Å². The molecule has 148 valence electrons. The Morgan fingerprint density at radius 3 is 2.41 bits per heavy atom. The summed E-state index contributed by atoms with van der Waals surface area (Å²) in [4.78, 5) is 50.9.